The van der Waals surface area contributed by atoms with Crippen LogP contribution in [0, 0.1) is 19.8 Å². The van der Waals surface area contributed by atoms with Crippen LogP contribution in [-0.2, 0) is 0 Å². The molecule has 2 atom stereocenters. The lowest BCUT2D eigenvalue weighted by Gasteiger charge is -2.25. The van der Waals surface area contributed by atoms with Gasteiger partial charge in [-0.05, 0) is 62.4 Å². The van der Waals surface area contributed by atoms with Gasteiger partial charge in [-0.2, -0.15) is 4.98 Å². The number of aromatic nitrogens is 2. The van der Waals surface area contributed by atoms with E-state index in [0.717, 1.165) is 29.7 Å². The number of nitrogens with one attached hydrogen (secondary N) is 1. The van der Waals surface area contributed by atoms with E-state index in [-0.39, 0.29) is 6.04 Å². The number of hydrogen-bond acceptors (Lipinski definition) is 5. The summed E-state index contributed by atoms with van der Waals surface area (Å²) < 4.78 is 5.43. The van der Waals surface area contributed by atoms with Gasteiger partial charge in [0.2, 0.25) is 11.7 Å². The Bertz CT molecular complexity index is 628. The Balaban J connectivity index is 1.88. The second kappa shape index (κ2) is 5.48. The monoisotopic (exact) mass is 287 g/mol. The molecular formula is C16H21N3O2. The molecule has 2 N–H and O–H groups in total. The third-order valence-corrected chi connectivity index (χ3v) is 4.16. The molecule has 2 aromatic rings. The summed E-state index contributed by atoms with van der Waals surface area (Å²) in [6.07, 6.45) is 2.21. The van der Waals surface area contributed by atoms with Gasteiger partial charge in [-0.15, -0.1) is 0 Å². The van der Waals surface area contributed by atoms with E-state index in [9.17, 15) is 5.11 Å². The summed E-state index contributed by atoms with van der Waals surface area (Å²) in [5.41, 5.74) is 2.52. The maximum atomic E-state index is 9.84. The molecular weight excluding hydrogens is 266 g/mol. The minimum Gasteiger partial charge on any atom is -0.507 e. The molecule has 0 bridgehead atoms. The van der Waals surface area contributed by atoms with E-state index in [1.165, 1.54) is 6.42 Å². The fraction of sp³-hybridized carbons (Fsp3) is 0.500. The number of aryl methyl sites for hydroxylation is 2. The van der Waals surface area contributed by atoms with Crippen molar-refractivity contribution in [2.75, 3.05) is 6.54 Å². The first-order chi connectivity index (χ1) is 10.0. The minimum absolute atomic E-state index is 0.148. The number of hydrogen-bond donors (Lipinski definition) is 2. The van der Waals surface area contributed by atoms with Gasteiger partial charge in [0.05, 0.1) is 6.04 Å². The van der Waals surface area contributed by atoms with Gasteiger partial charge >= 0.3 is 0 Å². The number of piperidine rings is 1. The molecule has 1 aromatic heterocycles. The molecule has 1 aliphatic rings. The predicted molar refractivity (Wildman–Crippen MR) is 80.0 cm³/mol. The average Bonchev–Trinajstić information content (AvgIpc) is 2.94. The van der Waals surface area contributed by atoms with E-state index in [1.807, 2.05) is 26.0 Å². The van der Waals surface area contributed by atoms with Crippen LogP contribution in [0.1, 0.15) is 42.8 Å². The van der Waals surface area contributed by atoms with Crippen LogP contribution in [0.25, 0.3) is 11.4 Å². The second-order valence-electron chi connectivity index (χ2n) is 6.05. The molecule has 1 aliphatic heterocycles. The normalized spacial score (nSPS) is 22.4. The number of benzene rings is 1. The maximum Gasteiger partial charge on any atom is 0.244 e. The van der Waals surface area contributed by atoms with Crippen LogP contribution in [0.3, 0.4) is 0 Å². The molecule has 0 spiro atoms. The lowest BCUT2D eigenvalue weighted by molar-refractivity contribution is 0.260. The van der Waals surface area contributed by atoms with Gasteiger partial charge in [-0.25, -0.2) is 0 Å². The second-order valence-corrected chi connectivity index (χ2v) is 6.05. The smallest absolute Gasteiger partial charge is 0.244 e. The van der Waals surface area contributed by atoms with Crippen molar-refractivity contribution in [2.24, 2.45) is 5.92 Å². The summed E-state index contributed by atoms with van der Waals surface area (Å²) >= 11 is 0. The molecule has 2 unspecified atom stereocenters. The number of rotatable bonds is 2. The van der Waals surface area contributed by atoms with E-state index >= 15 is 0 Å². The van der Waals surface area contributed by atoms with Gasteiger partial charge in [0.25, 0.3) is 0 Å². The first kappa shape index (κ1) is 14.1. The van der Waals surface area contributed by atoms with Crippen molar-refractivity contribution in [3.05, 3.63) is 29.2 Å². The number of nitrogens with zero attached hydrogens (tertiary/aromatic N) is 2. The lowest BCUT2D eigenvalue weighted by atomic mass is 9.94. The maximum absolute atomic E-state index is 9.84. The molecule has 0 saturated carbocycles. The fourth-order valence-electron chi connectivity index (χ4n) is 2.87. The summed E-state index contributed by atoms with van der Waals surface area (Å²) in [5.74, 6) is 2.23. The molecule has 0 aliphatic carbocycles. The van der Waals surface area contributed by atoms with E-state index in [0.29, 0.717) is 23.4 Å². The van der Waals surface area contributed by atoms with Crippen LogP contribution >= 0.6 is 0 Å². The number of phenolic OH excluding ortho intramolecular Hbond substituents is 1. The Kier molecular flexibility index (Phi) is 3.68. The van der Waals surface area contributed by atoms with Crippen molar-refractivity contribution in [3.8, 4) is 17.1 Å². The van der Waals surface area contributed by atoms with E-state index in [2.05, 4.69) is 22.4 Å². The quantitative estimate of drug-likeness (QED) is 0.888. The van der Waals surface area contributed by atoms with Gasteiger partial charge in [-0.3, -0.25) is 0 Å². The summed E-state index contributed by atoms with van der Waals surface area (Å²) in [5, 5.41) is 17.4. The zero-order valence-electron chi connectivity index (χ0n) is 12.7. The fourth-order valence-corrected chi connectivity index (χ4v) is 2.87. The lowest BCUT2D eigenvalue weighted by Crippen LogP contribution is -2.30. The molecule has 5 nitrogen and oxygen atoms in total. The first-order valence-corrected chi connectivity index (χ1v) is 7.42. The summed E-state index contributed by atoms with van der Waals surface area (Å²) in [6.45, 7) is 6.98. The van der Waals surface area contributed by atoms with Gasteiger partial charge in [-0.1, -0.05) is 12.1 Å². The van der Waals surface area contributed by atoms with Gasteiger partial charge in [0.15, 0.2) is 0 Å². The number of aromatic hydroxyl groups is 1. The SMILES string of the molecule is Cc1cc(-c2noc(C3CC(C)CCN3)n2)cc(C)c1O. The molecule has 0 amide bonds. The van der Waals surface area contributed by atoms with Crippen molar-refractivity contribution < 1.29 is 9.63 Å². The van der Waals surface area contributed by atoms with Crippen molar-refractivity contribution in [2.45, 2.75) is 39.7 Å². The Labute approximate surface area is 124 Å². The molecule has 5 heteroatoms. The molecule has 2 heterocycles. The first-order valence-electron chi connectivity index (χ1n) is 7.42. The van der Waals surface area contributed by atoms with E-state index < -0.39 is 0 Å². The highest BCUT2D eigenvalue weighted by atomic mass is 16.5. The van der Waals surface area contributed by atoms with Gasteiger partial charge < -0.3 is 14.9 Å². The molecule has 1 saturated heterocycles. The third-order valence-electron chi connectivity index (χ3n) is 4.16. The molecule has 1 aromatic carbocycles. The zero-order chi connectivity index (χ0) is 15.0. The summed E-state index contributed by atoms with van der Waals surface area (Å²) in [6, 6.07) is 3.91. The highest BCUT2D eigenvalue weighted by molar-refractivity contribution is 5.60. The average molecular weight is 287 g/mol. The third kappa shape index (κ3) is 2.78. The standard InChI is InChI=1S/C16H21N3O2/c1-9-4-5-17-13(6-9)16-18-15(19-21-16)12-7-10(2)14(20)11(3)8-12/h7-9,13,17,20H,4-6H2,1-3H3. The van der Waals surface area contributed by atoms with Crippen molar-refractivity contribution in [1.29, 1.82) is 0 Å². The van der Waals surface area contributed by atoms with Crippen LogP contribution in [0.2, 0.25) is 0 Å². The van der Waals surface area contributed by atoms with Crippen LogP contribution < -0.4 is 5.32 Å². The van der Waals surface area contributed by atoms with Crippen LogP contribution in [-0.4, -0.2) is 21.8 Å². The highest BCUT2D eigenvalue weighted by Gasteiger charge is 2.25. The zero-order valence-corrected chi connectivity index (χ0v) is 12.7. The molecule has 21 heavy (non-hydrogen) atoms. The molecule has 1 fully saturated rings. The van der Waals surface area contributed by atoms with Gasteiger partial charge in [0, 0.05) is 5.56 Å². The van der Waals surface area contributed by atoms with E-state index in [4.69, 9.17) is 4.52 Å². The summed E-state index contributed by atoms with van der Waals surface area (Å²) in [7, 11) is 0. The minimum atomic E-state index is 0.148. The molecule has 3 rings (SSSR count). The topological polar surface area (TPSA) is 71.2 Å². The molecule has 112 valence electrons. The van der Waals surface area contributed by atoms with Crippen LogP contribution in [0.4, 0.5) is 0 Å². The van der Waals surface area contributed by atoms with Crippen molar-refractivity contribution >= 4 is 0 Å². The Morgan fingerprint density at radius 3 is 2.67 bits per heavy atom. The van der Waals surface area contributed by atoms with Crippen molar-refractivity contribution in [1.82, 2.24) is 15.5 Å². The molecule has 0 radical (unpaired) electrons. The Hall–Kier alpha value is -1.88. The Morgan fingerprint density at radius 2 is 2.00 bits per heavy atom. The summed E-state index contributed by atoms with van der Waals surface area (Å²) in [4.78, 5) is 4.53. The Morgan fingerprint density at radius 1 is 1.29 bits per heavy atom. The number of phenols is 1. The van der Waals surface area contributed by atoms with Crippen molar-refractivity contribution in [3.63, 3.8) is 0 Å². The van der Waals surface area contributed by atoms with Crippen LogP contribution in [0.5, 0.6) is 5.75 Å². The predicted octanol–water partition coefficient (Wildman–Crippen LogP) is 3.12. The van der Waals surface area contributed by atoms with Gasteiger partial charge in [0.1, 0.15) is 5.75 Å². The van der Waals surface area contributed by atoms with Crippen LogP contribution in [0.15, 0.2) is 16.7 Å². The highest BCUT2D eigenvalue weighted by Crippen LogP contribution is 2.30. The largest absolute Gasteiger partial charge is 0.507 e. The van der Waals surface area contributed by atoms with E-state index in [1.54, 1.807) is 0 Å².